The highest BCUT2D eigenvalue weighted by atomic mass is 35.5. The van der Waals surface area contributed by atoms with Crippen LogP contribution in [0.4, 0.5) is 4.39 Å². The van der Waals surface area contributed by atoms with Gasteiger partial charge in [0.25, 0.3) is 5.91 Å². The molecule has 0 radical (unpaired) electrons. The first-order valence-electron chi connectivity index (χ1n) is 8.45. The molecule has 4 rings (SSSR count). The van der Waals surface area contributed by atoms with Crippen molar-refractivity contribution in [1.29, 1.82) is 0 Å². The van der Waals surface area contributed by atoms with E-state index in [0.717, 1.165) is 12.8 Å². The smallest absolute Gasteiger partial charge is 0.264 e. The van der Waals surface area contributed by atoms with Crippen molar-refractivity contribution in [2.75, 3.05) is 20.1 Å². The van der Waals surface area contributed by atoms with Crippen LogP contribution in [0.15, 0.2) is 6.07 Å². The van der Waals surface area contributed by atoms with E-state index in [0.29, 0.717) is 40.2 Å². The van der Waals surface area contributed by atoms with Crippen molar-refractivity contribution in [2.24, 2.45) is 11.3 Å². The van der Waals surface area contributed by atoms with Gasteiger partial charge >= 0.3 is 0 Å². The highest BCUT2D eigenvalue weighted by Gasteiger charge is 2.58. The fraction of sp³-hybridized carbons (Fsp3) is 0.647. The van der Waals surface area contributed by atoms with Crippen LogP contribution in [0.1, 0.15) is 35.4 Å². The Morgan fingerprint density at radius 1 is 1.36 bits per heavy atom. The normalized spacial score (nSPS) is 29.6. The Kier molecular flexibility index (Phi) is 4.28. The van der Waals surface area contributed by atoms with Crippen LogP contribution >= 0.6 is 34.5 Å². The van der Waals surface area contributed by atoms with E-state index < -0.39 is 6.17 Å². The van der Waals surface area contributed by atoms with Crippen LogP contribution < -0.4 is 0 Å². The summed E-state index contributed by atoms with van der Waals surface area (Å²) in [5.41, 5.74) is 0.00375. The van der Waals surface area contributed by atoms with Crippen LogP contribution in [-0.4, -0.2) is 54.0 Å². The third-order valence-corrected chi connectivity index (χ3v) is 7.74. The van der Waals surface area contributed by atoms with Gasteiger partial charge in [-0.25, -0.2) is 4.39 Å². The lowest BCUT2D eigenvalue weighted by molar-refractivity contribution is -0.142. The van der Waals surface area contributed by atoms with Gasteiger partial charge in [0.2, 0.25) is 5.91 Å². The Bertz CT molecular complexity index is 711. The second-order valence-corrected chi connectivity index (χ2v) is 9.57. The van der Waals surface area contributed by atoms with Crippen LogP contribution in [0.2, 0.25) is 9.36 Å². The summed E-state index contributed by atoms with van der Waals surface area (Å²) in [4.78, 5) is 29.5. The highest BCUT2D eigenvalue weighted by Crippen LogP contribution is 2.55. The van der Waals surface area contributed by atoms with Gasteiger partial charge in [-0.2, -0.15) is 0 Å². The monoisotopic (exact) mass is 404 g/mol. The number of rotatable bonds is 3. The molecule has 1 saturated heterocycles. The number of carbonyl (C=O) groups excluding carboxylic acids is 2. The topological polar surface area (TPSA) is 40.6 Å². The highest BCUT2D eigenvalue weighted by molar-refractivity contribution is 7.18. The molecule has 0 N–H and O–H groups in total. The zero-order chi connectivity index (χ0) is 17.9. The van der Waals surface area contributed by atoms with Crippen LogP contribution in [0.3, 0.4) is 0 Å². The number of hydrogen-bond acceptors (Lipinski definition) is 3. The van der Waals surface area contributed by atoms with E-state index in [1.165, 1.54) is 11.3 Å². The van der Waals surface area contributed by atoms with E-state index in [9.17, 15) is 14.0 Å². The SMILES string of the molecule is CN(C(=O)C1CC(F)C1)C1CN(C(=O)c2cc(Cl)c(Cl)s2)CC12CC2. The van der Waals surface area contributed by atoms with Crippen LogP contribution in [0, 0.1) is 11.3 Å². The standard InChI is InChI=1S/C17H19Cl2FN2O2S/c1-21(15(23)9-4-10(20)5-9)13-7-22(8-17(13)2-3-17)16(24)12-6-11(18)14(19)25-12/h6,9-10,13H,2-5,7-8H2,1H3. The molecule has 136 valence electrons. The zero-order valence-corrected chi connectivity index (χ0v) is 16.1. The number of thiophene rings is 1. The number of likely N-dealkylation sites (tertiary alicyclic amines) is 1. The molecule has 0 bridgehead atoms. The van der Waals surface area contributed by atoms with E-state index in [1.807, 2.05) is 0 Å². The van der Waals surface area contributed by atoms with E-state index in [2.05, 4.69) is 0 Å². The average molecular weight is 405 g/mol. The summed E-state index contributed by atoms with van der Waals surface area (Å²) in [5.74, 6) is -0.266. The molecule has 3 fully saturated rings. The van der Waals surface area contributed by atoms with E-state index >= 15 is 0 Å². The van der Waals surface area contributed by atoms with Gasteiger partial charge in [-0.15, -0.1) is 11.3 Å². The Balaban J connectivity index is 1.48. The molecule has 1 spiro atoms. The van der Waals surface area contributed by atoms with Crippen molar-refractivity contribution >= 4 is 46.4 Å². The first-order valence-corrected chi connectivity index (χ1v) is 10.0. The van der Waals surface area contributed by atoms with Crippen molar-refractivity contribution in [3.63, 3.8) is 0 Å². The molecule has 4 nitrogen and oxygen atoms in total. The molecule has 2 amide bonds. The van der Waals surface area contributed by atoms with Gasteiger partial charge in [-0.05, 0) is 31.7 Å². The molecule has 2 aliphatic carbocycles. The van der Waals surface area contributed by atoms with Crippen LogP contribution in [0.5, 0.6) is 0 Å². The molecular weight excluding hydrogens is 386 g/mol. The van der Waals surface area contributed by atoms with E-state index in [1.54, 1.807) is 22.9 Å². The summed E-state index contributed by atoms with van der Waals surface area (Å²) >= 11 is 13.1. The quantitative estimate of drug-likeness (QED) is 0.766. The van der Waals surface area contributed by atoms with E-state index in [-0.39, 0.29) is 29.2 Å². The van der Waals surface area contributed by atoms with Crippen LogP contribution in [0.25, 0.3) is 0 Å². The molecule has 8 heteroatoms. The molecular formula is C17H19Cl2FN2O2S. The third kappa shape index (κ3) is 2.96. The van der Waals surface area contributed by atoms with Gasteiger partial charge in [0, 0.05) is 31.5 Å². The summed E-state index contributed by atoms with van der Waals surface area (Å²) < 4.78 is 13.5. The van der Waals surface area contributed by atoms with Crippen molar-refractivity contribution in [1.82, 2.24) is 9.80 Å². The molecule has 0 aromatic carbocycles. The van der Waals surface area contributed by atoms with Gasteiger partial charge in [0.15, 0.2) is 0 Å². The lowest BCUT2D eigenvalue weighted by atomic mass is 9.82. The van der Waals surface area contributed by atoms with Crippen molar-refractivity contribution in [3.8, 4) is 0 Å². The molecule has 1 atom stereocenters. The summed E-state index contributed by atoms with van der Waals surface area (Å²) in [6.45, 7) is 1.16. The molecule has 3 aliphatic rings. The Morgan fingerprint density at radius 3 is 2.56 bits per heavy atom. The van der Waals surface area contributed by atoms with Gasteiger partial charge in [0.05, 0.1) is 15.9 Å². The lowest BCUT2D eigenvalue weighted by Gasteiger charge is -2.36. The Morgan fingerprint density at radius 2 is 2.04 bits per heavy atom. The summed E-state index contributed by atoms with van der Waals surface area (Å²) in [7, 11) is 1.80. The second kappa shape index (κ2) is 6.10. The second-order valence-electron chi connectivity index (χ2n) is 7.51. The van der Waals surface area contributed by atoms with Gasteiger partial charge < -0.3 is 9.80 Å². The Hall–Kier alpha value is -0.850. The molecule has 2 saturated carbocycles. The minimum Gasteiger partial charge on any atom is -0.340 e. The molecule has 1 unspecified atom stereocenters. The number of hydrogen-bond donors (Lipinski definition) is 0. The first-order chi connectivity index (χ1) is 11.8. The maximum absolute atomic E-state index is 13.1. The van der Waals surface area contributed by atoms with Gasteiger partial charge in [-0.1, -0.05) is 23.2 Å². The Labute approximate surface area is 159 Å². The minimum absolute atomic E-state index is 0.00375. The van der Waals surface area contributed by atoms with Crippen molar-refractivity contribution in [3.05, 3.63) is 20.3 Å². The minimum atomic E-state index is -0.841. The number of carbonyl (C=O) groups is 2. The zero-order valence-electron chi connectivity index (χ0n) is 13.8. The maximum atomic E-state index is 13.1. The number of nitrogens with zero attached hydrogens (tertiary/aromatic N) is 2. The predicted molar refractivity (Wildman–Crippen MR) is 96.1 cm³/mol. The predicted octanol–water partition coefficient (Wildman–Crippen LogP) is 3.87. The summed E-state index contributed by atoms with van der Waals surface area (Å²) in [5, 5.41) is 0.393. The van der Waals surface area contributed by atoms with E-state index in [4.69, 9.17) is 23.2 Å². The molecule has 1 aliphatic heterocycles. The number of amides is 2. The van der Waals surface area contributed by atoms with Crippen molar-refractivity contribution < 1.29 is 14.0 Å². The average Bonchev–Trinajstić information content (AvgIpc) is 3.10. The molecule has 2 heterocycles. The van der Waals surface area contributed by atoms with Crippen molar-refractivity contribution in [2.45, 2.75) is 37.9 Å². The lowest BCUT2D eigenvalue weighted by Crippen LogP contribution is -2.48. The largest absolute Gasteiger partial charge is 0.340 e. The molecule has 1 aromatic rings. The fourth-order valence-corrected chi connectivity index (χ4v) is 5.43. The first kappa shape index (κ1) is 17.6. The van der Waals surface area contributed by atoms with Crippen LogP contribution in [-0.2, 0) is 4.79 Å². The molecule has 1 aromatic heterocycles. The van der Waals surface area contributed by atoms with Gasteiger partial charge in [-0.3, -0.25) is 9.59 Å². The number of halogens is 3. The number of alkyl halides is 1. The molecule has 25 heavy (non-hydrogen) atoms. The third-order valence-electron chi connectivity index (χ3n) is 5.89. The number of likely N-dealkylation sites (N-methyl/N-ethyl adjacent to an activating group) is 1. The van der Waals surface area contributed by atoms with Gasteiger partial charge in [0.1, 0.15) is 10.5 Å². The fourth-order valence-electron chi connectivity index (χ4n) is 4.09. The summed E-state index contributed by atoms with van der Waals surface area (Å²) in [6, 6.07) is 1.61. The maximum Gasteiger partial charge on any atom is 0.264 e. The summed E-state index contributed by atoms with van der Waals surface area (Å²) in [6.07, 6.45) is 1.85.